The highest BCUT2D eigenvalue weighted by molar-refractivity contribution is 5.81. The van der Waals surface area contributed by atoms with Crippen LogP contribution in [-0.4, -0.2) is 28.3 Å². The van der Waals surface area contributed by atoms with E-state index in [1.54, 1.807) is 6.92 Å². The zero-order valence-corrected chi connectivity index (χ0v) is 17.2. The molecule has 154 valence electrons. The van der Waals surface area contributed by atoms with Crippen molar-refractivity contribution in [2.24, 2.45) is 11.7 Å². The first-order chi connectivity index (χ1) is 12.5. The monoisotopic (exact) mass is 369 g/mol. The van der Waals surface area contributed by atoms with E-state index in [-0.39, 0.29) is 5.78 Å². The third-order valence-corrected chi connectivity index (χ3v) is 5.11. The van der Waals surface area contributed by atoms with Crippen LogP contribution in [0.15, 0.2) is 12.2 Å². The summed E-state index contributed by atoms with van der Waals surface area (Å²) >= 11 is 0. The summed E-state index contributed by atoms with van der Waals surface area (Å²) in [7, 11) is 0. The molecule has 0 heterocycles. The third kappa shape index (κ3) is 14.5. The zero-order chi connectivity index (χ0) is 19.6. The molecular formula is C22H43NO3. The molecular weight excluding hydrogens is 326 g/mol. The maximum absolute atomic E-state index is 11.9. The minimum Gasteiger partial charge on any atom is -0.367 e. The number of carbonyl (C=O) groups is 1. The number of aliphatic hydroxyl groups excluding tert-OH is 1. The molecule has 0 fully saturated rings. The second-order valence-electron chi connectivity index (χ2n) is 7.58. The Bertz CT molecular complexity index is 355. The Hall–Kier alpha value is -0.710. The van der Waals surface area contributed by atoms with Gasteiger partial charge in [-0.3, -0.25) is 4.79 Å². The minimum absolute atomic E-state index is 0.0308. The van der Waals surface area contributed by atoms with Gasteiger partial charge in [0.2, 0.25) is 0 Å². The normalized spacial score (nSPS) is 14.2. The lowest BCUT2D eigenvalue weighted by molar-refractivity contribution is -0.128. The highest BCUT2D eigenvalue weighted by Gasteiger charge is 2.24. The predicted octanol–water partition coefficient (Wildman–Crippen LogP) is 4.87. The van der Waals surface area contributed by atoms with Gasteiger partial charge in [-0.2, -0.15) is 0 Å². The quantitative estimate of drug-likeness (QED) is 0.183. The van der Waals surface area contributed by atoms with Crippen molar-refractivity contribution < 1.29 is 15.0 Å². The van der Waals surface area contributed by atoms with Crippen LogP contribution in [0.25, 0.3) is 0 Å². The zero-order valence-electron chi connectivity index (χ0n) is 17.2. The number of hydrogen-bond donors (Lipinski definition) is 3. The van der Waals surface area contributed by atoms with Crippen LogP contribution in [0.3, 0.4) is 0 Å². The molecule has 4 N–H and O–H groups in total. The van der Waals surface area contributed by atoms with Gasteiger partial charge in [0, 0.05) is 12.3 Å². The molecule has 0 saturated heterocycles. The van der Waals surface area contributed by atoms with Gasteiger partial charge in [-0.05, 0) is 32.1 Å². The lowest BCUT2D eigenvalue weighted by Gasteiger charge is -2.20. The molecule has 2 unspecified atom stereocenters. The Labute approximate surface area is 161 Å². The SMILES string of the molecule is CCCCCCCCC=CCCCCCCCC(=O)C(C)C(N)C(O)O. The van der Waals surface area contributed by atoms with Crippen molar-refractivity contribution in [2.45, 2.75) is 116 Å². The van der Waals surface area contributed by atoms with E-state index in [9.17, 15) is 4.79 Å². The van der Waals surface area contributed by atoms with E-state index in [1.807, 2.05) is 0 Å². The van der Waals surface area contributed by atoms with Gasteiger partial charge in [-0.25, -0.2) is 0 Å². The summed E-state index contributed by atoms with van der Waals surface area (Å²) in [5.41, 5.74) is 5.59. The van der Waals surface area contributed by atoms with Gasteiger partial charge in [0.05, 0.1) is 6.04 Å². The third-order valence-electron chi connectivity index (χ3n) is 5.11. The van der Waals surface area contributed by atoms with Crippen LogP contribution in [0.1, 0.15) is 104 Å². The molecule has 0 radical (unpaired) electrons. The maximum Gasteiger partial charge on any atom is 0.167 e. The van der Waals surface area contributed by atoms with E-state index in [2.05, 4.69) is 19.1 Å². The van der Waals surface area contributed by atoms with Crippen LogP contribution in [0, 0.1) is 5.92 Å². The number of ketones is 1. The first-order valence-electron chi connectivity index (χ1n) is 10.8. The first-order valence-corrected chi connectivity index (χ1v) is 10.8. The fourth-order valence-corrected chi connectivity index (χ4v) is 3.07. The van der Waals surface area contributed by atoms with Crippen molar-refractivity contribution in [3.05, 3.63) is 12.2 Å². The van der Waals surface area contributed by atoms with Gasteiger partial charge in [0.15, 0.2) is 6.29 Å². The van der Waals surface area contributed by atoms with Crippen molar-refractivity contribution in [1.82, 2.24) is 0 Å². The molecule has 0 aromatic rings. The van der Waals surface area contributed by atoms with E-state index in [4.69, 9.17) is 15.9 Å². The second kappa shape index (κ2) is 17.7. The Morgan fingerprint density at radius 2 is 1.31 bits per heavy atom. The molecule has 0 aromatic heterocycles. The van der Waals surface area contributed by atoms with Crippen LogP contribution in [0.5, 0.6) is 0 Å². The summed E-state index contributed by atoms with van der Waals surface area (Å²) in [5.74, 6) is -0.463. The molecule has 4 heteroatoms. The molecule has 0 bridgehead atoms. The Morgan fingerprint density at radius 1 is 0.846 bits per heavy atom. The molecule has 0 aliphatic heterocycles. The first kappa shape index (κ1) is 25.3. The summed E-state index contributed by atoms with van der Waals surface area (Å²) in [6.45, 7) is 3.92. The number of aliphatic hydroxyl groups is 2. The number of unbranched alkanes of at least 4 members (excludes halogenated alkanes) is 11. The number of allylic oxidation sites excluding steroid dienone is 2. The number of nitrogens with two attached hydrogens (primary N) is 1. The lowest BCUT2D eigenvalue weighted by Crippen LogP contribution is -2.43. The molecule has 0 aliphatic rings. The smallest absolute Gasteiger partial charge is 0.167 e. The lowest BCUT2D eigenvalue weighted by atomic mass is 9.93. The average Bonchev–Trinajstić information content (AvgIpc) is 2.63. The van der Waals surface area contributed by atoms with Crippen LogP contribution < -0.4 is 5.73 Å². The highest BCUT2D eigenvalue weighted by atomic mass is 16.5. The number of rotatable bonds is 18. The van der Waals surface area contributed by atoms with Gasteiger partial charge >= 0.3 is 0 Å². The molecule has 0 rings (SSSR count). The van der Waals surface area contributed by atoms with Gasteiger partial charge < -0.3 is 15.9 Å². The molecule has 4 nitrogen and oxygen atoms in total. The molecule has 26 heavy (non-hydrogen) atoms. The van der Waals surface area contributed by atoms with E-state index in [0.29, 0.717) is 6.42 Å². The van der Waals surface area contributed by atoms with E-state index in [0.717, 1.165) is 25.7 Å². The van der Waals surface area contributed by atoms with Gasteiger partial charge in [-0.15, -0.1) is 0 Å². The van der Waals surface area contributed by atoms with Crippen molar-refractivity contribution in [1.29, 1.82) is 0 Å². The number of Topliss-reactive ketones (excluding diaryl/α,β-unsaturated/α-hetero) is 1. The largest absolute Gasteiger partial charge is 0.367 e. The fourth-order valence-electron chi connectivity index (χ4n) is 3.07. The van der Waals surface area contributed by atoms with E-state index in [1.165, 1.54) is 57.8 Å². The van der Waals surface area contributed by atoms with E-state index < -0.39 is 18.2 Å². The van der Waals surface area contributed by atoms with Crippen molar-refractivity contribution >= 4 is 5.78 Å². The van der Waals surface area contributed by atoms with Crippen LogP contribution in [0.4, 0.5) is 0 Å². The summed E-state index contributed by atoms with van der Waals surface area (Å²) < 4.78 is 0. The van der Waals surface area contributed by atoms with Gasteiger partial charge in [-0.1, -0.05) is 77.4 Å². The Balaban J connectivity index is 3.40. The van der Waals surface area contributed by atoms with Crippen LogP contribution in [-0.2, 0) is 4.79 Å². The summed E-state index contributed by atoms with van der Waals surface area (Å²) in [5, 5.41) is 18.0. The summed E-state index contributed by atoms with van der Waals surface area (Å²) in [6, 6.07) is -0.884. The minimum atomic E-state index is -1.62. The number of carbonyl (C=O) groups excluding carboxylic acids is 1. The molecule has 0 amide bonds. The maximum atomic E-state index is 11.9. The van der Waals surface area contributed by atoms with Crippen molar-refractivity contribution in [3.8, 4) is 0 Å². The molecule has 0 aliphatic carbocycles. The fraction of sp³-hybridized carbons (Fsp3) is 0.864. The molecule has 2 atom stereocenters. The second-order valence-corrected chi connectivity index (χ2v) is 7.58. The molecule has 0 aromatic carbocycles. The molecule has 0 spiro atoms. The van der Waals surface area contributed by atoms with Gasteiger partial charge in [0.1, 0.15) is 5.78 Å². The Morgan fingerprint density at radius 3 is 1.81 bits per heavy atom. The molecule has 0 saturated carbocycles. The standard InChI is InChI=1S/C22H43NO3/c1-3-4-5-6-7-8-9-10-11-12-13-14-15-16-17-18-20(24)19(2)21(23)22(25)26/h10-11,19,21-22,25-26H,3-9,12-18,23H2,1-2H3. The summed E-state index contributed by atoms with van der Waals surface area (Å²) in [4.78, 5) is 11.9. The van der Waals surface area contributed by atoms with Crippen molar-refractivity contribution in [3.63, 3.8) is 0 Å². The number of hydrogen-bond acceptors (Lipinski definition) is 4. The summed E-state index contributed by atoms with van der Waals surface area (Å²) in [6.07, 6.45) is 19.6. The average molecular weight is 370 g/mol. The van der Waals surface area contributed by atoms with E-state index >= 15 is 0 Å². The van der Waals surface area contributed by atoms with Crippen molar-refractivity contribution in [2.75, 3.05) is 0 Å². The Kier molecular flexibility index (Phi) is 17.2. The van der Waals surface area contributed by atoms with Crippen LogP contribution in [0.2, 0.25) is 0 Å². The van der Waals surface area contributed by atoms with Gasteiger partial charge in [0.25, 0.3) is 0 Å². The topological polar surface area (TPSA) is 83.6 Å². The highest BCUT2D eigenvalue weighted by Crippen LogP contribution is 2.13. The van der Waals surface area contributed by atoms with Crippen LogP contribution >= 0.6 is 0 Å². The predicted molar refractivity (Wildman–Crippen MR) is 110 cm³/mol.